The van der Waals surface area contributed by atoms with Crippen LogP contribution in [0.5, 0.6) is 5.75 Å². The fraction of sp³-hybridized carbons (Fsp3) is 0.154. The zero-order valence-electron chi connectivity index (χ0n) is 9.71. The number of anilines is 1. The number of hydrogen-bond donors (Lipinski definition) is 3. The highest BCUT2D eigenvalue weighted by atomic mass is 16.3. The molecule has 5 heteroatoms. The van der Waals surface area contributed by atoms with Gasteiger partial charge in [-0.2, -0.15) is 0 Å². The minimum absolute atomic E-state index is 0.00865. The van der Waals surface area contributed by atoms with Gasteiger partial charge in [-0.15, -0.1) is 0 Å². The number of fused-ring (bicyclic) bond motifs is 2. The van der Waals surface area contributed by atoms with E-state index >= 15 is 0 Å². The number of rotatable bonds is 0. The summed E-state index contributed by atoms with van der Waals surface area (Å²) in [5.41, 5.74) is 1.71. The number of aromatic nitrogens is 1. The summed E-state index contributed by atoms with van der Waals surface area (Å²) in [6, 6.07) is 6.67. The molecule has 18 heavy (non-hydrogen) atoms. The van der Waals surface area contributed by atoms with Crippen LogP contribution in [-0.2, 0) is 0 Å². The summed E-state index contributed by atoms with van der Waals surface area (Å²) in [7, 11) is 0. The van der Waals surface area contributed by atoms with Crippen molar-refractivity contribution in [1.29, 1.82) is 0 Å². The van der Waals surface area contributed by atoms with Crippen molar-refractivity contribution in [2.45, 2.75) is 13.2 Å². The number of carbonyl (C=O) groups is 1. The van der Waals surface area contributed by atoms with Crippen LogP contribution in [0.1, 0.15) is 27.8 Å². The minimum atomic E-state index is -1.03. The Kier molecular flexibility index (Phi) is 2.18. The Morgan fingerprint density at radius 2 is 2.11 bits per heavy atom. The first kappa shape index (κ1) is 10.9. The highest BCUT2D eigenvalue weighted by molar-refractivity contribution is 6.03. The smallest absolute Gasteiger partial charge is 0.264 e. The maximum atomic E-state index is 12.3. The lowest BCUT2D eigenvalue weighted by Crippen LogP contribution is -2.14. The first-order chi connectivity index (χ1) is 8.59. The van der Waals surface area contributed by atoms with Crippen LogP contribution >= 0.6 is 0 Å². The van der Waals surface area contributed by atoms with Crippen molar-refractivity contribution in [2.75, 3.05) is 5.32 Å². The molecule has 1 aromatic carbocycles. The topological polar surface area (TPSA) is 74.5 Å². The van der Waals surface area contributed by atoms with Gasteiger partial charge in [0.05, 0.1) is 16.9 Å². The Bertz CT molecular complexity index is 646. The van der Waals surface area contributed by atoms with E-state index in [1.54, 1.807) is 37.4 Å². The van der Waals surface area contributed by atoms with Crippen molar-refractivity contribution in [3.8, 4) is 5.75 Å². The normalized spacial score (nSPS) is 17.7. The molecule has 0 saturated carbocycles. The van der Waals surface area contributed by atoms with Crippen molar-refractivity contribution < 1.29 is 15.0 Å². The van der Waals surface area contributed by atoms with E-state index in [0.717, 1.165) is 0 Å². The molecule has 2 heterocycles. The van der Waals surface area contributed by atoms with E-state index in [1.807, 2.05) is 0 Å². The van der Waals surface area contributed by atoms with Crippen LogP contribution < -0.4 is 5.32 Å². The summed E-state index contributed by atoms with van der Waals surface area (Å²) in [5.74, 6) is -0.282. The molecule has 3 N–H and O–H groups in total. The van der Waals surface area contributed by atoms with E-state index < -0.39 is 6.23 Å². The van der Waals surface area contributed by atoms with Gasteiger partial charge < -0.3 is 15.5 Å². The third-order valence-corrected chi connectivity index (χ3v) is 3.17. The van der Waals surface area contributed by atoms with Crippen molar-refractivity contribution >= 4 is 11.6 Å². The van der Waals surface area contributed by atoms with E-state index in [-0.39, 0.29) is 17.3 Å². The second-order valence-electron chi connectivity index (χ2n) is 4.31. The molecular weight excluding hydrogens is 232 g/mol. The van der Waals surface area contributed by atoms with Gasteiger partial charge in [0.2, 0.25) is 0 Å². The summed E-state index contributed by atoms with van der Waals surface area (Å²) in [5, 5.41) is 22.8. The molecule has 1 atom stereocenters. The zero-order chi connectivity index (χ0) is 12.9. The largest absolute Gasteiger partial charge is 0.505 e. The molecule has 0 bridgehead atoms. The average molecular weight is 244 g/mol. The van der Waals surface area contributed by atoms with E-state index in [0.29, 0.717) is 16.8 Å². The molecule has 0 fully saturated rings. The number of carbonyl (C=O) groups excluding carboxylic acids is 1. The predicted molar refractivity (Wildman–Crippen MR) is 65.6 cm³/mol. The van der Waals surface area contributed by atoms with Gasteiger partial charge in [0.25, 0.3) is 5.91 Å². The third kappa shape index (κ3) is 1.34. The van der Waals surface area contributed by atoms with Crippen molar-refractivity contribution in [1.82, 2.24) is 4.57 Å². The van der Waals surface area contributed by atoms with Crippen LogP contribution in [0.25, 0.3) is 0 Å². The van der Waals surface area contributed by atoms with Gasteiger partial charge in [0.1, 0.15) is 5.75 Å². The van der Waals surface area contributed by atoms with Crippen molar-refractivity contribution in [2.24, 2.45) is 0 Å². The Balaban J connectivity index is 2.28. The third-order valence-electron chi connectivity index (χ3n) is 3.17. The SMILES string of the molecule is Cc1ccc2c(c1O)NC(O)c1cccn1C2=O. The summed E-state index contributed by atoms with van der Waals surface area (Å²) in [4.78, 5) is 12.3. The maximum Gasteiger partial charge on any atom is 0.264 e. The Morgan fingerprint density at radius 1 is 1.33 bits per heavy atom. The van der Waals surface area contributed by atoms with Gasteiger partial charge in [0, 0.05) is 6.20 Å². The fourth-order valence-corrected chi connectivity index (χ4v) is 2.16. The summed E-state index contributed by atoms with van der Waals surface area (Å²) < 4.78 is 1.37. The predicted octanol–water partition coefficient (Wildman–Crippen LogP) is 1.61. The molecule has 92 valence electrons. The molecule has 0 radical (unpaired) electrons. The Hall–Kier alpha value is -2.27. The van der Waals surface area contributed by atoms with E-state index in [1.165, 1.54) is 4.57 Å². The molecule has 0 saturated heterocycles. The number of hydrogen-bond acceptors (Lipinski definition) is 4. The first-order valence-electron chi connectivity index (χ1n) is 5.58. The van der Waals surface area contributed by atoms with Crippen LogP contribution in [0.15, 0.2) is 30.5 Å². The first-order valence-corrected chi connectivity index (χ1v) is 5.58. The molecule has 3 rings (SSSR count). The number of nitrogens with one attached hydrogen (secondary N) is 1. The van der Waals surface area contributed by atoms with Gasteiger partial charge in [-0.25, -0.2) is 0 Å². The molecular formula is C13H12N2O3. The summed E-state index contributed by atoms with van der Waals surface area (Å²) >= 11 is 0. The van der Waals surface area contributed by atoms with E-state index in [4.69, 9.17) is 0 Å². The lowest BCUT2D eigenvalue weighted by atomic mass is 10.1. The number of aromatic hydroxyl groups is 1. The summed E-state index contributed by atoms with van der Waals surface area (Å²) in [6.45, 7) is 1.74. The fourth-order valence-electron chi connectivity index (χ4n) is 2.16. The number of benzene rings is 1. The molecule has 5 nitrogen and oxygen atoms in total. The number of aryl methyl sites for hydroxylation is 1. The van der Waals surface area contributed by atoms with E-state index in [2.05, 4.69) is 5.32 Å². The van der Waals surface area contributed by atoms with Crippen LogP contribution in [0.4, 0.5) is 5.69 Å². The lowest BCUT2D eigenvalue weighted by molar-refractivity contribution is 0.0950. The molecule has 1 aliphatic heterocycles. The molecule has 2 aromatic rings. The Morgan fingerprint density at radius 3 is 2.89 bits per heavy atom. The summed E-state index contributed by atoms with van der Waals surface area (Å²) in [6.07, 6.45) is 0.562. The molecule has 1 aromatic heterocycles. The highest BCUT2D eigenvalue weighted by Gasteiger charge is 2.27. The zero-order valence-corrected chi connectivity index (χ0v) is 9.71. The van der Waals surface area contributed by atoms with Crippen molar-refractivity contribution in [3.63, 3.8) is 0 Å². The average Bonchev–Trinajstić information content (AvgIpc) is 2.80. The minimum Gasteiger partial charge on any atom is -0.505 e. The van der Waals surface area contributed by atoms with Gasteiger partial charge in [-0.1, -0.05) is 6.07 Å². The maximum absolute atomic E-state index is 12.3. The van der Waals surface area contributed by atoms with Crippen LogP contribution in [-0.4, -0.2) is 20.7 Å². The number of phenolic OH excluding ortho intramolecular Hbond substituents is 1. The molecule has 0 aliphatic carbocycles. The number of nitrogens with zero attached hydrogens (tertiary/aromatic N) is 1. The second kappa shape index (κ2) is 3.61. The van der Waals surface area contributed by atoms with E-state index in [9.17, 15) is 15.0 Å². The molecule has 0 spiro atoms. The number of aliphatic hydroxyl groups is 1. The molecule has 1 unspecified atom stereocenters. The molecule has 0 amide bonds. The monoisotopic (exact) mass is 244 g/mol. The van der Waals surface area contributed by atoms with Gasteiger partial charge >= 0.3 is 0 Å². The number of phenols is 1. The lowest BCUT2D eigenvalue weighted by Gasteiger charge is -2.14. The van der Waals surface area contributed by atoms with Gasteiger partial charge in [-0.05, 0) is 30.7 Å². The Labute approximate surface area is 103 Å². The van der Waals surface area contributed by atoms with Gasteiger partial charge in [0.15, 0.2) is 6.23 Å². The van der Waals surface area contributed by atoms with Crippen LogP contribution in [0, 0.1) is 6.92 Å². The standard InChI is InChI=1S/C13H12N2O3/c1-7-4-5-8-10(11(7)16)14-12(17)9-3-2-6-15(9)13(8)18/h2-6,12,14,16-17H,1H3. The quantitative estimate of drug-likeness (QED) is 0.615. The van der Waals surface area contributed by atoms with Crippen LogP contribution in [0.3, 0.4) is 0 Å². The highest BCUT2D eigenvalue weighted by Crippen LogP contribution is 2.36. The molecule has 1 aliphatic rings. The van der Waals surface area contributed by atoms with Crippen molar-refractivity contribution in [3.05, 3.63) is 47.3 Å². The second-order valence-corrected chi connectivity index (χ2v) is 4.31. The van der Waals surface area contributed by atoms with Crippen LogP contribution in [0.2, 0.25) is 0 Å². The number of aliphatic hydroxyl groups excluding tert-OH is 1. The van der Waals surface area contributed by atoms with Gasteiger partial charge in [-0.3, -0.25) is 9.36 Å².